The summed E-state index contributed by atoms with van der Waals surface area (Å²) in [5.74, 6) is 0.652. The largest absolute Gasteiger partial charge is 0.495 e. The zero-order chi connectivity index (χ0) is 13.9. The lowest BCUT2D eigenvalue weighted by Gasteiger charge is -2.09. The predicted molar refractivity (Wildman–Crippen MR) is 80.0 cm³/mol. The molecule has 0 fully saturated rings. The van der Waals surface area contributed by atoms with Gasteiger partial charge < -0.3 is 10.5 Å². The molecule has 0 radical (unpaired) electrons. The molecular weight excluding hydrogens is 250 g/mol. The highest BCUT2D eigenvalue weighted by atomic mass is 16.5. The molecule has 2 N–H and O–H groups in total. The van der Waals surface area contributed by atoms with Crippen molar-refractivity contribution in [3.8, 4) is 22.6 Å². The first-order valence-electron chi connectivity index (χ1n) is 6.32. The molecule has 100 valence electrons. The molecule has 0 aliphatic carbocycles. The van der Waals surface area contributed by atoms with Gasteiger partial charge in [0.25, 0.3) is 0 Å². The maximum Gasteiger partial charge on any atom is 0.143 e. The van der Waals surface area contributed by atoms with E-state index in [4.69, 9.17) is 10.5 Å². The number of hydrogen-bond donors (Lipinski definition) is 1. The van der Waals surface area contributed by atoms with Crippen LogP contribution in [0.2, 0.25) is 0 Å². The quantitative estimate of drug-likeness (QED) is 0.740. The number of ether oxygens (including phenoxy) is 1. The number of rotatable bonds is 3. The van der Waals surface area contributed by atoms with Crippen molar-refractivity contribution in [2.75, 3.05) is 12.8 Å². The van der Waals surface area contributed by atoms with E-state index in [0.717, 1.165) is 16.8 Å². The molecule has 0 aliphatic rings. The Bertz CT molecular complexity index is 720. The van der Waals surface area contributed by atoms with Crippen LogP contribution in [0.25, 0.3) is 16.8 Å². The fourth-order valence-corrected chi connectivity index (χ4v) is 2.14. The number of aromatic nitrogens is 2. The second-order valence-corrected chi connectivity index (χ2v) is 4.43. The topological polar surface area (TPSA) is 53.1 Å². The van der Waals surface area contributed by atoms with Gasteiger partial charge in [0.2, 0.25) is 0 Å². The van der Waals surface area contributed by atoms with Gasteiger partial charge >= 0.3 is 0 Å². The molecule has 0 bridgehead atoms. The maximum absolute atomic E-state index is 6.09. The number of benzene rings is 2. The summed E-state index contributed by atoms with van der Waals surface area (Å²) < 4.78 is 7.00. The van der Waals surface area contributed by atoms with E-state index < -0.39 is 0 Å². The molecule has 1 heterocycles. The summed E-state index contributed by atoms with van der Waals surface area (Å²) in [6.45, 7) is 0. The van der Waals surface area contributed by atoms with E-state index in [1.54, 1.807) is 11.8 Å². The molecule has 0 saturated heterocycles. The SMILES string of the molecule is COc1cccc(-n2cc(-c3ccccc3)cn2)c1N. The number of nitrogens with two attached hydrogens (primary N) is 1. The van der Waals surface area contributed by atoms with Crippen LogP contribution >= 0.6 is 0 Å². The Morgan fingerprint density at radius 3 is 2.55 bits per heavy atom. The second kappa shape index (κ2) is 5.09. The Morgan fingerprint density at radius 1 is 1.00 bits per heavy atom. The highest BCUT2D eigenvalue weighted by molar-refractivity contribution is 5.68. The molecule has 0 spiro atoms. The van der Waals surface area contributed by atoms with Crippen LogP contribution in [0.5, 0.6) is 5.75 Å². The van der Waals surface area contributed by atoms with Gasteiger partial charge in [-0.3, -0.25) is 0 Å². The standard InChI is InChI=1S/C16H15N3O/c1-20-15-9-5-8-14(16(15)17)19-11-13(10-18-19)12-6-3-2-4-7-12/h2-11H,17H2,1H3. The van der Waals surface area contributed by atoms with Crippen molar-refractivity contribution in [2.45, 2.75) is 0 Å². The van der Waals surface area contributed by atoms with Gasteiger partial charge in [0.1, 0.15) is 11.4 Å². The Hall–Kier alpha value is -2.75. The van der Waals surface area contributed by atoms with E-state index in [2.05, 4.69) is 17.2 Å². The van der Waals surface area contributed by atoms with Gasteiger partial charge in [0.15, 0.2) is 0 Å². The molecular formula is C16H15N3O. The van der Waals surface area contributed by atoms with Gasteiger partial charge in [-0.2, -0.15) is 5.10 Å². The van der Waals surface area contributed by atoms with Crippen molar-refractivity contribution in [3.63, 3.8) is 0 Å². The van der Waals surface area contributed by atoms with Crippen LogP contribution in [0.1, 0.15) is 0 Å². The molecule has 3 rings (SSSR count). The maximum atomic E-state index is 6.09. The first-order valence-corrected chi connectivity index (χ1v) is 6.32. The second-order valence-electron chi connectivity index (χ2n) is 4.43. The number of para-hydroxylation sites is 1. The van der Waals surface area contributed by atoms with Crippen molar-refractivity contribution in [2.24, 2.45) is 0 Å². The molecule has 3 aromatic rings. The molecule has 0 atom stereocenters. The zero-order valence-corrected chi connectivity index (χ0v) is 11.2. The molecule has 1 aromatic heterocycles. The first kappa shape index (κ1) is 12.3. The number of nitrogens with zero attached hydrogens (tertiary/aromatic N) is 2. The highest BCUT2D eigenvalue weighted by Crippen LogP contribution is 2.28. The number of hydrogen-bond acceptors (Lipinski definition) is 3. The summed E-state index contributed by atoms with van der Waals surface area (Å²) in [4.78, 5) is 0. The molecule has 2 aromatic carbocycles. The Kier molecular flexibility index (Phi) is 3.13. The molecule has 0 amide bonds. The van der Waals surface area contributed by atoms with Crippen molar-refractivity contribution in [1.29, 1.82) is 0 Å². The van der Waals surface area contributed by atoms with Crippen LogP contribution in [0.15, 0.2) is 60.9 Å². The minimum atomic E-state index is 0.581. The van der Waals surface area contributed by atoms with E-state index in [1.807, 2.05) is 48.8 Å². The molecule has 0 unspecified atom stereocenters. The normalized spacial score (nSPS) is 10.4. The Morgan fingerprint density at radius 2 is 1.80 bits per heavy atom. The number of methoxy groups -OCH3 is 1. The highest BCUT2D eigenvalue weighted by Gasteiger charge is 2.09. The minimum absolute atomic E-state index is 0.581. The van der Waals surface area contributed by atoms with E-state index >= 15 is 0 Å². The van der Waals surface area contributed by atoms with E-state index in [-0.39, 0.29) is 0 Å². The van der Waals surface area contributed by atoms with Crippen molar-refractivity contribution in [3.05, 3.63) is 60.9 Å². The average molecular weight is 265 g/mol. The zero-order valence-electron chi connectivity index (χ0n) is 11.2. The third-order valence-electron chi connectivity index (χ3n) is 3.20. The van der Waals surface area contributed by atoms with Gasteiger partial charge in [0.05, 0.1) is 19.0 Å². The molecule has 4 heteroatoms. The minimum Gasteiger partial charge on any atom is -0.495 e. The van der Waals surface area contributed by atoms with Gasteiger partial charge in [0, 0.05) is 11.8 Å². The fraction of sp³-hybridized carbons (Fsp3) is 0.0625. The molecule has 20 heavy (non-hydrogen) atoms. The van der Waals surface area contributed by atoms with E-state index in [1.165, 1.54) is 0 Å². The number of anilines is 1. The summed E-state index contributed by atoms with van der Waals surface area (Å²) in [6.07, 6.45) is 3.79. The van der Waals surface area contributed by atoms with Gasteiger partial charge in [-0.25, -0.2) is 4.68 Å². The summed E-state index contributed by atoms with van der Waals surface area (Å²) in [7, 11) is 1.61. The first-order chi connectivity index (χ1) is 9.79. The van der Waals surface area contributed by atoms with Gasteiger partial charge in [-0.1, -0.05) is 36.4 Å². The Labute approximate surface area is 117 Å². The van der Waals surface area contributed by atoms with Crippen molar-refractivity contribution < 1.29 is 4.74 Å². The number of nitrogen functional groups attached to an aromatic ring is 1. The summed E-state index contributed by atoms with van der Waals surface area (Å²) in [5, 5.41) is 4.38. The fourth-order valence-electron chi connectivity index (χ4n) is 2.14. The van der Waals surface area contributed by atoms with Crippen LogP contribution in [0, 0.1) is 0 Å². The Balaban J connectivity index is 2.03. The lowest BCUT2D eigenvalue weighted by Crippen LogP contribution is -2.01. The van der Waals surface area contributed by atoms with E-state index in [9.17, 15) is 0 Å². The van der Waals surface area contributed by atoms with Crippen LogP contribution in [0.3, 0.4) is 0 Å². The molecule has 0 saturated carbocycles. The lowest BCUT2D eigenvalue weighted by molar-refractivity contribution is 0.416. The third-order valence-corrected chi connectivity index (χ3v) is 3.20. The molecule has 0 aliphatic heterocycles. The monoisotopic (exact) mass is 265 g/mol. The van der Waals surface area contributed by atoms with Crippen LogP contribution < -0.4 is 10.5 Å². The molecule has 4 nitrogen and oxygen atoms in total. The third kappa shape index (κ3) is 2.12. The van der Waals surface area contributed by atoms with Crippen molar-refractivity contribution in [1.82, 2.24) is 9.78 Å². The summed E-state index contributed by atoms with van der Waals surface area (Å²) in [6, 6.07) is 15.8. The lowest BCUT2D eigenvalue weighted by atomic mass is 10.1. The van der Waals surface area contributed by atoms with Gasteiger partial charge in [-0.15, -0.1) is 0 Å². The van der Waals surface area contributed by atoms with Crippen molar-refractivity contribution >= 4 is 5.69 Å². The van der Waals surface area contributed by atoms with Crippen LogP contribution in [-0.4, -0.2) is 16.9 Å². The summed E-state index contributed by atoms with van der Waals surface area (Å²) in [5.41, 5.74) is 9.65. The van der Waals surface area contributed by atoms with Gasteiger partial charge in [-0.05, 0) is 17.7 Å². The van der Waals surface area contributed by atoms with Crippen LogP contribution in [0.4, 0.5) is 5.69 Å². The summed E-state index contributed by atoms with van der Waals surface area (Å²) >= 11 is 0. The smallest absolute Gasteiger partial charge is 0.143 e. The van der Waals surface area contributed by atoms with Crippen LogP contribution in [-0.2, 0) is 0 Å². The predicted octanol–water partition coefficient (Wildman–Crippen LogP) is 3.13. The van der Waals surface area contributed by atoms with E-state index in [0.29, 0.717) is 11.4 Å². The average Bonchev–Trinajstić information content (AvgIpc) is 2.98.